The zero-order valence-corrected chi connectivity index (χ0v) is 16.9. The molecule has 0 aliphatic carbocycles. The first-order chi connectivity index (χ1) is 13.5. The monoisotopic (exact) mass is 392 g/mol. The van der Waals surface area contributed by atoms with Crippen LogP contribution < -0.4 is 4.83 Å². The molecule has 5 heteroatoms. The number of aryl methyl sites for hydroxylation is 1. The van der Waals surface area contributed by atoms with Gasteiger partial charge in [0.2, 0.25) is 0 Å². The molecule has 4 nitrogen and oxygen atoms in total. The van der Waals surface area contributed by atoms with Crippen molar-refractivity contribution in [2.75, 3.05) is 0 Å². The average Bonchev–Trinajstić information content (AvgIpc) is 2.72. The summed E-state index contributed by atoms with van der Waals surface area (Å²) in [4.78, 5) is 2.59. The van der Waals surface area contributed by atoms with Crippen LogP contribution in [0.3, 0.4) is 0 Å². The van der Waals surface area contributed by atoms with Gasteiger partial charge in [-0.25, -0.2) is 0 Å². The van der Waals surface area contributed by atoms with E-state index in [0.29, 0.717) is 6.42 Å². The Hall–Kier alpha value is -2.92. The first-order valence-electron chi connectivity index (χ1n) is 9.30. The van der Waals surface area contributed by atoms with Crippen LogP contribution in [0.4, 0.5) is 0 Å². The van der Waals surface area contributed by atoms with Gasteiger partial charge in [0.15, 0.2) is 0 Å². The number of nitrogens with zero attached hydrogens (tertiary/aromatic N) is 1. The lowest BCUT2D eigenvalue weighted by Gasteiger charge is -2.09. The van der Waals surface area contributed by atoms with Crippen molar-refractivity contribution in [3.63, 3.8) is 0 Å². The highest BCUT2D eigenvalue weighted by Gasteiger charge is 2.13. The summed E-state index contributed by atoms with van der Waals surface area (Å²) in [7, 11) is -3.69. The molecule has 0 unspecified atom stereocenters. The van der Waals surface area contributed by atoms with Crippen LogP contribution in [0, 0.1) is 6.92 Å². The molecule has 0 heterocycles. The number of benzene rings is 3. The molecule has 0 aliphatic rings. The van der Waals surface area contributed by atoms with E-state index in [2.05, 4.69) is 22.1 Å². The smallest absolute Gasteiger partial charge is 0.200 e. The first kappa shape index (κ1) is 19.8. The molecule has 0 spiro atoms. The minimum atomic E-state index is -3.69. The fourth-order valence-electron chi connectivity index (χ4n) is 2.87. The van der Waals surface area contributed by atoms with Crippen LogP contribution in [0.2, 0.25) is 0 Å². The summed E-state index contributed by atoms with van der Waals surface area (Å²) in [6.07, 6.45) is 1.55. The molecule has 0 aromatic heterocycles. The van der Waals surface area contributed by atoms with Gasteiger partial charge < -0.3 is 0 Å². The van der Waals surface area contributed by atoms with E-state index < -0.39 is 10.0 Å². The largest absolute Gasteiger partial charge is 0.276 e. The Morgan fingerprint density at radius 3 is 2.07 bits per heavy atom. The van der Waals surface area contributed by atoms with Crippen molar-refractivity contribution in [2.24, 2.45) is 5.10 Å². The van der Waals surface area contributed by atoms with E-state index >= 15 is 0 Å². The summed E-state index contributed by atoms with van der Waals surface area (Å²) >= 11 is 0. The minimum absolute atomic E-state index is 0.206. The van der Waals surface area contributed by atoms with Crippen molar-refractivity contribution in [2.45, 2.75) is 31.6 Å². The van der Waals surface area contributed by atoms with Gasteiger partial charge in [-0.05, 0) is 42.2 Å². The number of sulfonamides is 1. The normalized spacial score (nSPS) is 12.0. The van der Waals surface area contributed by atoms with Crippen molar-refractivity contribution in [1.82, 2.24) is 4.83 Å². The number of rotatable bonds is 7. The van der Waals surface area contributed by atoms with Gasteiger partial charge in [0.05, 0.1) is 10.6 Å². The third-order valence-corrected chi connectivity index (χ3v) is 5.67. The predicted octanol–water partition coefficient (Wildman–Crippen LogP) is 5.14. The second kappa shape index (κ2) is 8.85. The van der Waals surface area contributed by atoms with Crippen LogP contribution in [0.1, 0.15) is 30.9 Å². The van der Waals surface area contributed by atoms with E-state index in [1.165, 1.54) is 0 Å². The molecule has 0 radical (unpaired) electrons. The highest BCUT2D eigenvalue weighted by molar-refractivity contribution is 7.89. The third-order valence-electron chi connectivity index (χ3n) is 4.44. The van der Waals surface area contributed by atoms with Crippen LogP contribution in [-0.2, 0) is 10.0 Å². The molecule has 0 saturated carbocycles. The highest BCUT2D eigenvalue weighted by atomic mass is 32.2. The number of hydrogen-bond acceptors (Lipinski definition) is 3. The Morgan fingerprint density at radius 2 is 1.46 bits per heavy atom. The van der Waals surface area contributed by atoms with Crippen LogP contribution in [0.25, 0.3) is 11.1 Å². The fourth-order valence-corrected chi connectivity index (χ4v) is 3.70. The molecular formula is C23H24N2O2S. The maximum atomic E-state index is 12.5. The van der Waals surface area contributed by atoms with Crippen molar-refractivity contribution in [3.05, 3.63) is 90.0 Å². The summed E-state index contributed by atoms with van der Waals surface area (Å²) in [5, 5.41) is 4.24. The quantitative estimate of drug-likeness (QED) is 0.447. The van der Waals surface area contributed by atoms with Gasteiger partial charge in [-0.1, -0.05) is 85.6 Å². The molecule has 0 amide bonds. The number of hydrogen-bond donors (Lipinski definition) is 1. The maximum absolute atomic E-state index is 12.5. The van der Waals surface area contributed by atoms with E-state index in [-0.39, 0.29) is 4.90 Å². The van der Waals surface area contributed by atoms with Gasteiger partial charge >= 0.3 is 0 Å². The van der Waals surface area contributed by atoms with Crippen LogP contribution in [0.5, 0.6) is 0 Å². The van der Waals surface area contributed by atoms with E-state index in [1.807, 2.05) is 56.3 Å². The molecule has 0 bridgehead atoms. The van der Waals surface area contributed by atoms with Crippen LogP contribution >= 0.6 is 0 Å². The topological polar surface area (TPSA) is 58.5 Å². The van der Waals surface area contributed by atoms with E-state index in [9.17, 15) is 8.42 Å². The van der Waals surface area contributed by atoms with Gasteiger partial charge in [-0.2, -0.15) is 18.4 Å². The lowest BCUT2D eigenvalue weighted by molar-refractivity contribution is 0.584. The molecule has 0 fully saturated rings. The Balaban J connectivity index is 1.83. The molecule has 28 heavy (non-hydrogen) atoms. The van der Waals surface area contributed by atoms with Crippen LogP contribution in [0.15, 0.2) is 88.9 Å². The third kappa shape index (κ3) is 4.87. The Morgan fingerprint density at radius 1 is 0.857 bits per heavy atom. The van der Waals surface area contributed by atoms with Gasteiger partial charge in [-0.3, -0.25) is 0 Å². The van der Waals surface area contributed by atoms with Crippen molar-refractivity contribution >= 4 is 15.7 Å². The second-order valence-electron chi connectivity index (χ2n) is 6.66. The summed E-state index contributed by atoms with van der Waals surface area (Å²) in [5.74, 6) is 0. The molecule has 144 valence electrons. The molecule has 3 aromatic carbocycles. The van der Waals surface area contributed by atoms with Crippen LogP contribution in [-0.4, -0.2) is 14.1 Å². The zero-order chi connectivity index (χ0) is 20.0. The Labute approximate surface area is 167 Å². The molecule has 1 N–H and O–H groups in total. The van der Waals surface area contributed by atoms with Crippen molar-refractivity contribution in [3.8, 4) is 11.1 Å². The number of hydrazone groups is 1. The van der Waals surface area contributed by atoms with E-state index in [4.69, 9.17) is 0 Å². The fraction of sp³-hybridized carbons (Fsp3) is 0.174. The molecule has 3 rings (SSSR count). The lowest BCUT2D eigenvalue weighted by Crippen LogP contribution is -2.20. The van der Waals surface area contributed by atoms with Crippen molar-refractivity contribution in [1.29, 1.82) is 0 Å². The first-order valence-corrected chi connectivity index (χ1v) is 10.8. The molecular weight excluding hydrogens is 368 g/mol. The standard InChI is InChI=1S/C23H24N2O2S/c1-3-7-23(24-25-28(26,27)22-16-10-18(2)11-17-22)21-14-12-20(13-15-21)19-8-5-4-6-9-19/h4-6,8-17,25H,3,7H2,1-2H3/b24-23-. The number of nitrogens with one attached hydrogen (secondary N) is 1. The zero-order valence-electron chi connectivity index (χ0n) is 16.1. The Kier molecular flexibility index (Phi) is 6.26. The average molecular weight is 393 g/mol. The molecule has 0 saturated heterocycles. The lowest BCUT2D eigenvalue weighted by atomic mass is 10.0. The molecule has 0 atom stereocenters. The second-order valence-corrected chi connectivity index (χ2v) is 8.32. The highest BCUT2D eigenvalue weighted by Crippen LogP contribution is 2.20. The van der Waals surface area contributed by atoms with Gasteiger partial charge in [0, 0.05) is 0 Å². The predicted molar refractivity (Wildman–Crippen MR) is 115 cm³/mol. The molecule has 3 aromatic rings. The summed E-state index contributed by atoms with van der Waals surface area (Å²) < 4.78 is 25.0. The van der Waals surface area contributed by atoms with Crippen molar-refractivity contribution < 1.29 is 8.42 Å². The van der Waals surface area contributed by atoms with Gasteiger partial charge in [0.25, 0.3) is 10.0 Å². The van der Waals surface area contributed by atoms with Gasteiger partial charge in [-0.15, -0.1) is 0 Å². The SMILES string of the molecule is CCC/C(=N/NS(=O)(=O)c1ccc(C)cc1)c1ccc(-c2ccccc2)cc1. The van der Waals surface area contributed by atoms with E-state index in [0.717, 1.165) is 34.4 Å². The molecule has 0 aliphatic heterocycles. The summed E-state index contributed by atoms with van der Waals surface area (Å²) in [5.41, 5.74) is 4.89. The Bertz CT molecular complexity index is 1040. The summed E-state index contributed by atoms with van der Waals surface area (Å²) in [6.45, 7) is 3.96. The summed E-state index contributed by atoms with van der Waals surface area (Å²) in [6, 6.07) is 24.9. The van der Waals surface area contributed by atoms with Gasteiger partial charge in [0.1, 0.15) is 0 Å². The minimum Gasteiger partial charge on any atom is -0.200 e. The van der Waals surface area contributed by atoms with E-state index in [1.54, 1.807) is 24.3 Å². The maximum Gasteiger partial charge on any atom is 0.276 e.